The molecule has 3 aromatic rings. The van der Waals surface area contributed by atoms with E-state index in [2.05, 4.69) is 41.5 Å². The van der Waals surface area contributed by atoms with Gasteiger partial charge in [0, 0.05) is 24.6 Å². The molecule has 0 aromatic heterocycles. The predicted molar refractivity (Wildman–Crippen MR) is 148 cm³/mol. The summed E-state index contributed by atoms with van der Waals surface area (Å²) in [7, 11) is 1.57. The summed E-state index contributed by atoms with van der Waals surface area (Å²) in [6.45, 7) is 2.13. The van der Waals surface area contributed by atoms with Gasteiger partial charge in [-0.15, -0.1) is 0 Å². The topological polar surface area (TPSA) is 83.4 Å². The molecule has 2 atom stereocenters. The van der Waals surface area contributed by atoms with Crippen LogP contribution in [0.2, 0.25) is 0 Å². The van der Waals surface area contributed by atoms with E-state index in [9.17, 15) is 9.59 Å². The van der Waals surface area contributed by atoms with Crippen LogP contribution in [0.1, 0.15) is 42.5 Å². The third-order valence-electron chi connectivity index (χ3n) is 6.44. The van der Waals surface area contributed by atoms with Crippen molar-refractivity contribution in [1.82, 2.24) is 5.01 Å². The molecule has 7 nitrogen and oxygen atoms in total. The van der Waals surface area contributed by atoms with Crippen LogP contribution >= 0.6 is 11.8 Å². The lowest BCUT2D eigenvalue weighted by Crippen LogP contribution is -2.25. The van der Waals surface area contributed by atoms with E-state index in [-0.39, 0.29) is 24.3 Å². The average molecular weight is 513 g/mol. The number of hydrazone groups is 1. The zero-order chi connectivity index (χ0) is 25.8. The summed E-state index contributed by atoms with van der Waals surface area (Å²) in [6, 6.07) is 25.6. The SMILES string of the molecule is CCc1ccc(C2CC(c3ccccc3)=NN2C2=NC(=O)C(CC(=O)Nc3cccc(OC)c3)S2)cc1. The molecule has 37 heavy (non-hydrogen) atoms. The van der Waals surface area contributed by atoms with Gasteiger partial charge in [-0.1, -0.05) is 79.3 Å². The van der Waals surface area contributed by atoms with E-state index in [1.54, 1.807) is 31.4 Å². The van der Waals surface area contributed by atoms with Crippen LogP contribution in [0.15, 0.2) is 89.0 Å². The molecule has 2 unspecified atom stereocenters. The number of aryl methyl sites for hydroxylation is 1. The maximum atomic E-state index is 12.8. The number of rotatable bonds is 7. The first-order chi connectivity index (χ1) is 18.0. The fraction of sp³-hybridized carbons (Fsp3) is 0.241. The van der Waals surface area contributed by atoms with Gasteiger partial charge in [-0.3, -0.25) is 9.59 Å². The van der Waals surface area contributed by atoms with Crippen molar-refractivity contribution in [3.8, 4) is 5.75 Å². The number of nitrogens with one attached hydrogen (secondary N) is 1. The van der Waals surface area contributed by atoms with Gasteiger partial charge in [0.1, 0.15) is 11.0 Å². The van der Waals surface area contributed by atoms with Crippen LogP contribution in [0.3, 0.4) is 0 Å². The van der Waals surface area contributed by atoms with Crippen molar-refractivity contribution in [3.63, 3.8) is 0 Å². The number of carbonyl (C=O) groups excluding carboxylic acids is 2. The fourth-order valence-corrected chi connectivity index (χ4v) is 5.47. The van der Waals surface area contributed by atoms with E-state index in [1.165, 1.54) is 17.3 Å². The van der Waals surface area contributed by atoms with E-state index in [1.807, 2.05) is 35.3 Å². The normalized spacial score (nSPS) is 19.0. The largest absolute Gasteiger partial charge is 0.497 e. The molecular formula is C29H28N4O3S. The first-order valence-corrected chi connectivity index (χ1v) is 13.2. The molecule has 3 aromatic carbocycles. The number of nitrogens with zero attached hydrogens (tertiary/aromatic N) is 3. The second-order valence-corrected chi connectivity index (χ2v) is 10.1. The summed E-state index contributed by atoms with van der Waals surface area (Å²) in [4.78, 5) is 29.9. The van der Waals surface area contributed by atoms with E-state index < -0.39 is 5.25 Å². The molecule has 0 aliphatic carbocycles. The minimum Gasteiger partial charge on any atom is -0.497 e. The lowest BCUT2D eigenvalue weighted by atomic mass is 9.97. The van der Waals surface area contributed by atoms with Crippen molar-refractivity contribution in [1.29, 1.82) is 0 Å². The summed E-state index contributed by atoms with van der Waals surface area (Å²) in [5.74, 6) is 0.0789. The van der Waals surface area contributed by atoms with Gasteiger partial charge in [-0.2, -0.15) is 10.1 Å². The van der Waals surface area contributed by atoms with Crippen molar-refractivity contribution >= 4 is 40.1 Å². The van der Waals surface area contributed by atoms with Gasteiger partial charge in [0.15, 0.2) is 5.17 Å². The van der Waals surface area contributed by atoms with Crippen LogP contribution in [-0.4, -0.2) is 40.1 Å². The van der Waals surface area contributed by atoms with Crippen LogP contribution in [0.25, 0.3) is 0 Å². The van der Waals surface area contributed by atoms with E-state index in [0.717, 1.165) is 23.3 Å². The van der Waals surface area contributed by atoms with Gasteiger partial charge in [0.25, 0.3) is 5.91 Å². The molecule has 8 heteroatoms. The molecule has 0 bridgehead atoms. The van der Waals surface area contributed by atoms with Gasteiger partial charge in [-0.25, -0.2) is 5.01 Å². The molecule has 0 radical (unpaired) electrons. The number of ether oxygens (including phenoxy) is 1. The average Bonchev–Trinajstić information content (AvgIpc) is 3.53. The number of hydrogen-bond acceptors (Lipinski definition) is 6. The second-order valence-electron chi connectivity index (χ2n) is 8.90. The Hall–Kier alpha value is -3.91. The summed E-state index contributed by atoms with van der Waals surface area (Å²) in [5.41, 5.74) is 4.99. The van der Waals surface area contributed by atoms with Crippen LogP contribution in [0.5, 0.6) is 5.75 Å². The molecule has 1 N–H and O–H groups in total. The molecule has 2 heterocycles. The Bertz CT molecular complexity index is 1360. The fourth-order valence-electron chi connectivity index (χ4n) is 4.41. The molecule has 0 fully saturated rings. The van der Waals surface area contributed by atoms with Crippen LogP contribution in [0, 0.1) is 0 Å². The van der Waals surface area contributed by atoms with Gasteiger partial charge >= 0.3 is 0 Å². The quantitative estimate of drug-likeness (QED) is 0.456. The highest BCUT2D eigenvalue weighted by Crippen LogP contribution is 2.38. The number of carbonyl (C=O) groups is 2. The lowest BCUT2D eigenvalue weighted by Gasteiger charge is -2.23. The van der Waals surface area contributed by atoms with Crippen molar-refractivity contribution in [3.05, 3.63) is 95.6 Å². The van der Waals surface area contributed by atoms with E-state index in [4.69, 9.17) is 9.84 Å². The number of hydrogen-bond donors (Lipinski definition) is 1. The first kappa shape index (κ1) is 24.8. The summed E-state index contributed by atoms with van der Waals surface area (Å²) < 4.78 is 5.21. The smallest absolute Gasteiger partial charge is 0.262 e. The second kappa shape index (κ2) is 11.0. The number of anilines is 1. The number of benzene rings is 3. The van der Waals surface area contributed by atoms with E-state index in [0.29, 0.717) is 23.0 Å². The monoisotopic (exact) mass is 512 g/mol. The van der Waals surface area contributed by atoms with Gasteiger partial charge in [0.05, 0.1) is 18.9 Å². The number of amidine groups is 1. The highest BCUT2D eigenvalue weighted by molar-refractivity contribution is 8.15. The van der Waals surface area contributed by atoms with Crippen LogP contribution < -0.4 is 10.1 Å². The van der Waals surface area contributed by atoms with Crippen LogP contribution in [0.4, 0.5) is 5.69 Å². The Morgan fingerprint density at radius 2 is 1.86 bits per heavy atom. The third-order valence-corrected chi connectivity index (χ3v) is 7.58. The summed E-state index contributed by atoms with van der Waals surface area (Å²) in [5, 5.41) is 9.54. The van der Waals surface area contributed by atoms with Crippen molar-refractivity contribution in [2.75, 3.05) is 12.4 Å². The van der Waals surface area contributed by atoms with Gasteiger partial charge in [0.2, 0.25) is 5.91 Å². The molecule has 5 rings (SSSR count). The highest BCUT2D eigenvalue weighted by atomic mass is 32.2. The highest BCUT2D eigenvalue weighted by Gasteiger charge is 2.39. The molecule has 188 valence electrons. The molecule has 0 saturated heterocycles. The molecular weight excluding hydrogens is 484 g/mol. The Kier molecular flexibility index (Phi) is 7.37. The predicted octanol–water partition coefficient (Wildman–Crippen LogP) is 5.44. The van der Waals surface area contributed by atoms with Gasteiger partial charge < -0.3 is 10.1 Å². The number of amides is 2. The Balaban J connectivity index is 1.33. The van der Waals surface area contributed by atoms with Gasteiger partial charge in [-0.05, 0) is 35.2 Å². The molecule has 2 aliphatic rings. The first-order valence-electron chi connectivity index (χ1n) is 12.3. The molecule has 2 aliphatic heterocycles. The minimum absolute atomic E-state index is 0.0205. The van der Waals surface area contributed by atoms with Crippen molar-refractivity contribution < 1.29 is 14.3 Å². The third kappa shape index (κ3) is 5.59. The summed E-state index contributed by atoms with van der Waals surface area (Å²) in [6.07, 6.45) is 1.69. The Labute approximate surface area is 220 Å². The van der Waals surface area contributed by atoms with Crippen molar-refractivity contribution in [2.24, 2.45) is 10.1 Å². The number of aliphatic imine (C=N–C) groups is 1. The van der Waals surface area contributed by atoms with Crippen LogP contribution in [-0.2, 0) is 16.0 Å². The number of methoxy groups -OCH3 is 1. The van der Waals surface area contributed by atoms with Crippen molar-refractivity contribution in [2.45, 2.75) is 37.5 Å². The number of thioether (sulfide) groups is 1. The Morgan fingerprint density at radius 3 is 2.59 bits per heavy atom. The standard InChI is InChI=1S/C29H28N4O3S/c1-3-19-12-14-21(15-13-19)25-17-24(20-8-5-4-6-9-20)32-33(25)29-31-28(35)26(37-29)18-27(34)30-22-10-7-11-23(16-22)36-2/h4-16,25-26H,3,17-18H2,1-2H3,(H,30,34). The summed E-state index contributed by atoms with van der Waals surface area (Å²) >= 11 is 1.30. The zero-order valence-electron chi connectivity index (χ0n) is 20.8. The lowest BCUT2D eigenvalue weighted by molar-refractivity contribution is -0.121. The Morgan fingerprint density at radius 1 is 1.08 bits per heavy atom. The maximum Gasteiger partial charge on any atom is 0.262 e. The maximum absolute atomic E-state index is 12.8. The molecule has 2 amide bonds. The molecule has 0 saturated carbocycles. The molecule has 0 spiro atoms. The zero-order valence-corrected chi connectivity index (χ0v) is 21.6. The minimum atomic E-state index is -0.597. The van der Waals surface area contributed by atoms with E-state index >= 15 is 0 Å².